The molecule has 6 nitrogen and oxygen atoms in total. The number of carbonyl (C=O) groups is 1. The Morgan fingerprint density at radius 2 is 2.19 bits per heavy atom. The van der Waals surface area contributed by atoms with Crippen LogP contribution in [0.15, 0.2) is 12.1 Å². The third-order valence-corrected chi connectivity index (χ3v) is 2.33. The Hall–Kier alpha value is -1.98. The van der Waals surface area contributed by atoms with Gasteiger partial charge < -0.3 is 9.47 Å². The van der Waals surface area contributed by atoms with Crippen molar-refractivity contribution >= 4 is 11.6 Å². The summed E-state index contributed by atoms with van der Waals surface area (Å²) in [6, 6.07) is 3.53. The SMILES string of the molecule is COc1ccc(N2CCC(=O)N2)c(OC)n1. The molecule has 0 unspecified atom stereocenters. The van der Waals surface area contributed by atoms with E-state index in [1.165, 1.54) is 7.11 Å². The Balaban J connectivity index is 2.29. The van der Waals surface area contributed by atoms with Gasteiger partial charge in [0.25, 0.3) is 0 Å². The molecule has 0 aromatic carbocycles. The molecule has 1 aromatic rings. The Morgan fingerprint density at radius 1 is 1.38 bits per heavy atom. The van der Waals surface area contributed by atoms with E-state index in [0.717, 1.165) is 5.69 Å². The molecule has 2 heterocycles. The number of methoxy groups -OCH3 is 2. The predicted molar refractivity (Wildman–Crippen MR) is 57.4 cm³/mol. The van der Waals surface area contributed by atoms with Crippen LogP contribution in [0.1, 0.15) is 6.42 Å². The van der Waals surface area contributed by atoms with Crippen LogP contribution >= 0.6 is 0 Å². The number of rotatable bonds is 3. The Kier molecular flexibility index (Phi) is 2.80. The predicted octanol–water partition coefficient (Wildman–Crippen LogP) is 0.340. The van der Waals surface area contributed by atoms with Crippen LogP contribution < -0.4 is 19.9 Å². The summed E-state index contributed by atoms with van der Waals surface area (Å²) >= 11 is 0. The largest absolute Gasteiger partial charge is 0.481 e. The smallest absolute Gasteiger partial charge is 0.242 e. The summed E-state index contributed by atoms with van der Waals surface area (Å²) in [4.78, 5) is 15.3. The number of nitrogens with zero attached hydrogens (tertiary/aromatic N) is 2. The first-order chi connectivity index (χ1) is 7.74. The second-order valence-corrected chi connectivity index (χ2v) is 3.32. The lowest BCUT2D eigenvalue weighted by Gasteiger charge is -2.19. The summed E-state index contributed by atoms with van der Waals surface area (Å²) < 4.78 is 10.1. The third-order valence-electron chi connectivity index (χ3n) is 2.33. The molecule has 0 bridgehead atoms. The lowest BCUT2D eigenvalue weighted by atomic mass is 10.3. The monoisotopic (exact) mass is 223 g/mol. The van der Waals surface area contributed by atoms with E-state index in [2.05, 4.69) is 10.4 Å². The fraction of sp³-hybridized carbons (Fsp3) is 0.400. The number of aromatic nitrogens is 1. The van der Waals surface area contributed by atoms with E-state index >= 15 is 0 Å². The van der Waals surface area contributed by atoms with Crippen molar-refractivity contribution in [2.75, 3.05) is 25.8 Å². The van der Waals surface area contributed by atoms with E-state index in [1.807, 2.05) is 0 Å². The molecule has 0 spiro atoms. The highest BCUT2D eigenvalue weighted by Gasteiger charge is 2.22. The van der Waals surface area contributed by atoms with Crippen LogP contribution in [0.3, 0.4) is 0 Å². The van der Waals surface area contributed by atoms with Crippen molar-refractivity contribution in [3.8, 4) is 11.8 Å². The summed E-state index contributed by atoms with van der Waals surface area (Å²) in [6.45, 7) is 0.614. The Morgan fingerprint density at radius 3 is 2.75 bits per heavy atom. The molecule has 86 valence electrons. The number of pyridine rings is 1. The van der Waals surface area contributed by atoms with Gasteiger partial charge in [-0.1, -0.05) is 0 Å². The summed E-state index contributed by atoms with van der Waals surface area (Å²) in [5.41, 5.74) is 3.45. The standard InChI is InChI=1S/C10H13N3O3/c1-15-9-4-3-7(10(11-9)16-2)13-6-5-8(14)12-13/h3-4H,5-6H2,1-2H3,(H,12,14). The van der Waals surface area contributed by atoms with Gasteiger partial charge in [-0.2, -0.15) is 4.98 Å². The van der Waals surface area contributed by atoms with E-state index in [4.69, 9.17) is 9.47 Å². The van der Waals surface area contributed by atoms with Gasteiger partial charge in [0.2, 0.25) is 17.7 Å². The molecule has 1 aliphatic rings. The van der Waals surface area contributed by atoms with E-state index < -0.39 is 0 Å². The van der Waals surface area contributed by atoms with Gasteiger partial charge in [-0.25, -0.2) is 0 Å². The number of nitrogens with one attached hydrogen (secondary N) is 1. The molecule has 0 atom stereocenters. The Bertz CT molecular complexity index is 408. The first-order valence-electron chi connectivity index (χ1n) is 4.90. The van der Waals surface area contributed by atoms with Gasteiger partial charge in [0.1, 0.15) is 5.69 Å². The molecule has 0 radical (unpaired) electrons. The molecular weight excluding hydrogens is 210 g/mol. The summed E-state index contributed by atoms with van der Waals surface area (Å²) in [7, 11) is 3.07. The fourth-order valence-corrected chi connectivity index (χ4v) is 1.54. The lowest BCUT2D eigenvalue weighted by molar-refractivity contribution is -0.119. The van der Waals surface area contributed by atoms with Crippen LogP contribution in [-0.4, -0.2) is 31.7 Å². The van der Waals surface area contributed by atoms with Crippen molar-refractivity contribution in [3.05, 3.63) is 12.1 Å². The van der Waals surface area contributed by atoms with Gasteiger partial charge in [0.05, 0.1) is 14.2 Å². The molecule has 6 heteroatoms. The zero-order chi connectivity index (χ0) is 11.5. The van der Waals surface area contributed by atoms with Crippen LogP contribution in [0.5, 0.6) is 11.8 Å². The molecule has 2 rings (SSSR count). The highest BCUT2D eigenvalue weighted by atomic mass is 16.5. The van der Waals surface area contributed by atoms with Gasteiger partial charge in [-0.05, 0) is 6.07 Å². The second kappa shape index (κ2) is 4.26. The van der Waals surface area contributed by atoms with E-state index in [9.17, 15) is 4.79 Å². The third kappa shape index (κ3) is 1.86. The summed E-state index contributed by atoms with van der Waals surface area (Å²) in [5.74, 6) is 0.908. The van der Waals surface area contributed by atoms with Crippen LogP contribution in [0.2, 0.25) is 0 Å². The molecular formula is C10H13N3O3. The van der Waals surface area contributed by atoms with Crippen molar-refractivity contribution in [1.82, 2.24) is 10.4 Å². The van der Waals surface area contributed by atoms with Gasteiger partial charge in [0, 0.05) is 19.0 Å². The molecule has 0 aliphatic carbocycles. The van der Waals surface area contributed by atoms with E-state index in [-0.39, 0.29) is 5.91 Å². The first-order valence-corrected chi connectivity index (χ1v) is 4.90. The number of hydrogen-bond acceptors (Lipinski definition) is 5. The zero-order valence-electron chi connectivity index (χ0n) is 9.19. The van der Waals surface area contributed by atoms with Crippen LogP contribution in [0.4, 0.5) is 5.69 Å². The number of hydrogen-bond donors (Lipinski definition) is 1. The molecule has 1 aliphatic heterocycles. The normalized spacial score (nSPS) is 14.9. The van der Waals surface area contributed by atoms with Crippen molar-refractivity contribution in [3.63, 3.8) is 0 Å². The molecule has 16 heavy (non-hydrogen) atoms. The van der Waals surface area contributed by atoms with Gasteiger partial charge in [-0.15, -0.1) is 0 Å². The maximum atomic E-state index is 11.1. The van der Waals surface area contributed by atoms with Crippen LogP contribution in [0.25, 0.3) is 0 Å². The minimum atomic E-state index is -0.00197. The summed E-state index contributed by atoms with van der Waals surface area (Å²) in [6.07, 6.45) is 0.481. The molecule has 1 fully saturated rings. The van der Waals surface area contributed by atoms with Crippen LogP contribution in [-0.2, 0) is 4.79 Å². The van der Waals surface area contributed by atoms with E-state index in [0.29, 0.717) is 24.7 Å². The highest BCUT2D eigenvalue weighted by Crippen LogP contribution is 2.28. The lowest BCUT2D eigenvalue weighted by Crippen LogP contribution is -2.33. The fourth-order valence-electron chi connectivity index (χ4n) is 1.54. The zero-order valence-corrected chi connectivity index (χ0v) is 9.19. The average molecular weight is 223 g/mol. The number of carbonyl (C=O) groups excluding carboxylic acids is 1. The average Bonchev–Trinajstić information content (AvgIpc) is 2.74. The molecule has 1 N–H and O–H groups in total. The summed E-state index contributed by atoms with van der Waals surface area (Å²) in [5, 5.41) is 1.72. The topological polar surface area (TPSA) is 63.7 Å². The van der Waals surface area contributed by atoms with Crippen molar-refractivity contribution in [1.29, 1.82) is 0 Å². The van der Waals surface area contributed by atoms with Crippen molar-refractivity contribution in [2.24, 2.45) is 0 Å². The first kappa shape index (κ1) is 10.5. The second-order valence-electron chi connectivity index (χ2n) is 3.32. The van der Waals surface area contributed by atoms with Crippen molar-refractivity contribution < 1.29 is 14.3 Å². The molecule has 1 aromatic heterocycles. The minimum Gasteiger partial charge on any atom is -0.481 e. The van der Waals surface area contributed by atoms with Gasteiger partial charge in [-0.3, -0.25) is 15.2 Å². The van der Waals surface area contributed by atoms with Crippen LogP contribution in [0, 0.1) is 0 Å². The highest BCUT2D eigenvalue weighted by molar-refractivity contribution is 5.82. The number of ether oxygens (including phenoxy) is 2. The quantitative estimate of drug-likeness (QED) is 0.800. The minimum absolute atomic E-state index is 0.00197. The van der Waals surface area contributed by atoms with Gasteiger partial charge in [0.15, 0.2) is 0 Å². The van der Waals surface area contributed by atoms with E-state index in [1.54, 1.807) is 24.3 Å². The number of amides is 1. The molecule has 0 saturated carbocycles. The maximum Gasteiger partial charge on any atom is 0.242 e. The number of anilines is 1. The van der Waals surface area contributed by atoms with Gasteiger partial charge >= 0.3 is 0 Å². The Labute approximate surface area is 93.1 Å². The molecule has 1 saturated heterocycles. The molecule has 1 amide bonds. The number of hydrazine groups is 1. The van der Waals surface area contributed by atoms with Crippen molar-refractivity contribution in [2.45, 2.75) is 6.42 Å². The maximum absolute atomic E-state index is 11.1.